The monoisotopic (exact) mass is 276 g/mol. The van der Waals surface area contributed by atoms with Gasteiger partial charge >= 0.3 is 5.97 Å². The maximum atomic E-state index is 10.6. The average Bonchev–Trinajstić information content (AvgIpc) is 2.05. The molecule has 0 fully saturated rings. The van der Waals surface area contributed by atoms with Crippen molar-refractivity contribution in [1.29, 1.82) is 0 Å². The van der Waals surface area contributed by atoms with Crippen LogP contribution in [0, 0.1) is 0 Å². The third-order valence-corrected chi connectivity index (χ3v) is 2.30. The number of alkyl halides is 1. The molecule has 0 aliphatic carbocycles. The minimum absolute atomic E-state index is 0.179. The van der Waals surface area contributed by atoms with Crippen molar-refractivity contribution >= 4 is 28.6 Å². The Labute approximate surface area is 85.1 Å². The van der Waals surface area contributed by atoms with Crippen molar-refractivity contribution in [3.05, 3.63) is 35.9 Å². The predicted molar refractivity (Wildman–Crippen MR) is 55.0 cm³/mol. The summed E-state index contributed by atoms with van der Waals surface area (Å²) in [5.41, 5.74) is 1.01. The first kappa shape index (κ1) is 9.51. The van der Waals surface area contributed by atoms with Crippen LogP contribution in [-0.4, -0.2) is 5.97 Å². The van der Waals surface area contributed by atoms with E-state index >= 15 is 0 Å². The Hall–Kier alpha value is -0.580. The molecule has 0 bridgehead atoms. The van der Waals surface area contributed by atoms with Crippen LogP contribution in [0.15, 0.2) is 30.3 Å². The predicted octanol–water partition coefficient (Wildman–Crippen LogP) is 2.68. The first-order valence-electron chi connectivity index (χ1n) is 3.56. The number of hydrogen-bond donors (Lipinski definition) is 0. The van der Waals surface area contributed by atoms with Crippen molar-refractivity contribution in [3.8, 4) is 0 Å². The number of carbonyl (C=O) groups is 1. The lowest BCUT2D eigenvalue weighted by Gasteiger charge is -2.09. The highest BCUT2D eigenvalue weighted by atomic mass is 127. The number of carbonyl (C=O) groups excluding carboxylic acids is 1. The van der Waals surface area contributed by atoms with E-state index in [2.05, 4.69) is 22.6 Å². The highest BCUT2D eigenvalue weighted by Crippen LogP contribution is 2.23. The van der Waals surface area contributed by atoms with Crippen LogP contribution < -0.4 is 0 Å². The van der Waals surface area contributed by atoms with Gasteiger partial charge in [-0.2, -0.15) is 0 Å². The summed E-state index contributed by atoms with van der Waals surface area (Å²) in [7, 11) is 0. The fourth-order valence-corrected chi connectivity index (χ4v) is 1.59. The molecule has 0 radical (unpaired) electrons. The summed E-state index contributed by atoms with van der Waals surface area (Å²) in [4.78, 5) is 10.6. The van der Waals surface area contributed by atoms with Gasteiger partial charge in [-0.3, -0.25) is 4.79 Å². The van der Waals surface area contributed by atoms with E-state index in [9.17, 15) is 4.79 Å². The average molecular weight is 276 g/mol. The molecule has 0 amide bonds. The van der Waals surface area contributed by atoms with Crippen LogP contribution >= 0.6 is 22.6 Å². The van der Waals surface area contributed by atoms with Crippen LogP contribution in [0.4, 0.5) is 0 Å². The Balaban J connectivity index is 2.65. The zero-order valence-corrected chi connectivity index (χ0v) is 8.82. The van der Waals surface area contributed by atoms with E-state index < -0.39 is 0 Å². The van der Waals surface area contributed by atoms with Crippen molar-refractivity contribution in [1.82, 2.24) is 0 Å². The molecule has 3 heteroatoms. The minimum atomic E-state index is -0.252. The number of rotatable bonds is 2. The first-order chi connectivity index (χ1) is 5.70. The normalized spacial score (nSPS) is 12.2. The lowest BCUT2D eigenvalue weighted by molar-refractivity contribution is -0.141. The van der Waals surface area contributed by atoms with Crippen molar-refractivity contribution < 1.29 is 9.53 Å². The van der Waals surface area contributed by atoms with Crippen molar-refractivity contribution in [2.75, 3.05) is 0 Å². The van der Waals surface area contributed by atoms with E-state index in [0.717, 1.165) is 5.56 Å². The first-order valence-corrected chi connectivity index (χ1v) is 4.81. The van der Waals surface area contributed by atoms with Crippen LogP contribution in [0.25, 0.3) is 0 Å². The molecule has 0 aliphatic heterocycles. The van der Waals surface area contributed by atoms with E-state index in [4.69, 9.17) is 4.74 Å². The molecule has 12 heavy (non-hydrogen) atoms. The van der Waals surface area contributed by atoms with Gasteiger partial charge in [0.05, 0.1) is 0 Å². The quantitative estimate of drug-likeness (QED) is 0.471. The van der Waals surface area contributed by atoms with Crippen molar-refractivity contribution in [3.63, 3.8) is 0 Å². The SMILES string of the molecule is CC(=O)OC(I)c1ccccc1. The zero-order valence-electron chi connectivity index (χ0n) is 6.66. The van der Waals surface area contributed by atoms with Crippen molar-refractivity contribution in [2.24, 2.45) is 0 Å². The van der Waals surface area contributed by atoms with Gasteiger partial charge < -0.3 is 4.74 Å². The fourth-order valence-electron chi connectivity index (χ4n) is 0.818. The summed E-state index contributed by atoms with van der Waals surface area (Å²) in [6.07, 6.45) is 0. The fraction of sp³-hybridized carbons (Fsp3) is 0.222. The van der Waals surface area contributed by atoms with E-state index in [1.54, 1.807) is 0 Å². The topological polar surface area (TPSA) is 26.3 Å². The molecule has 1 atom stereocenters. The molecule has 1 rings (SSSR count). The van der Waals surface area contributed by atoms with Gasteiger partial charge in [0.1, 0.15) is 0 Å². The Bertz CT molecular complexity index is 258. The molecule has 0 N–H and O–H groups in total. The van der Waals surface area contributed by atoms with Crippen LogP contribution in [0.2, 0.25) is 0 Å². The highest BCUT2D eigenvalue weighted by molar-refractivity contribution is 14.1. The smallest absolute Gasteiger partial charge is 0.304 e. The number of halogens is 1. The molecular weight excluding hydrogens is 267 g/mol. The van der Waals surface area contributed by atoms with Gasteiger partial charge in [-0.05, 0) is 22.6 Å². The van der Waals surface area contributed by atoms with Crippen molar-refractivity contribution in [2.45, 2.75) is 11.0 Å². The van der Waals surface area contributed by atoms with E-state index in [1.807, 2.05) is 30.3 Å². The largest absolute Gasteiger partial charge is 0.447 e. The van der Waals surface area contributed by atoms with Gasteiger partial charge in [0.25, 0.3) is 0 Å². The van der Waals surface area contributed by atoms with Crippen LogP contribution in [0.3, 0.4) is 0 Å². The maximum absolute atomic E-state index is 10.6. The highest BCUT2D eigenvalue weighted by Gasteiger charge is 2.08. The number of esters is 1. The van der Waals surface area contributed by atoms with Gasteiger partial charge in [-0.1, -0.05) is 30.3 Å². The lowest BCUT2D eigenvalue weighted by atomic mass is 10.2. The van der Waals surface area contributed by atoms with E-state index in [-0.39, 0.29) is 10.1 Å². The molecule has 0 aromatic heterocycles. The van der Waals surface area contributed by atoms with E-state index in [1.165, 1.54) is 6.92 Å². The molecule has 0 heterocycles. The second kappa shape index (κ2) is 4.45. The third kappa shape index (κ3) is 2.81. The Morgan fingerprint density at radius 1 is 1.42 bits per heavy atom. The summed E-state index contributed by atoms with van der Waals surface area (Å²) < 4.78 is 4.80. The molecule has 2 nitrogen and oxygen atoms in total. The van der Waals surface area contributed by atoms with Gasteiger partial charge in [-0.25, -0.2) is 0 Å². The maximum Gasteiger partial charge on any atom is 0.304 e. The lowest BCUT2D eigenvalue weighted by Crippen LogP contribution is -2.01. The summed E-state index contributed by atoms with van der Waals surface area (Å²) in [6, 6.07) is 9.63. The van der Waals surface area contributed by atoms with Gasteiger partial charge in [0.15, 0.2) is 4.11 Å². The molecule has 1 unspecified atom stereocenters. The number of hydrogen-bond acceptors (Lipinski definition) is 2. The third-order valence-electron chi connectivity index (χ3n) is 1.33. The molecule has 0 spiro atoms. The van der Waals surface area contributed by atoms with Gasteiger partial charge in [-0.15, -0.1) is 0 Å². The van der Waals surface area contributed by atoms with Crippen LogP contribution in [0.5, 0.6) is 0 Å². The van der Waals surface area contributed by atoms with Crippen LogP contribution in [0.1, 0.15) is 16.6 Å². The Morgan fingerprint density at radius 3 is 2.50 bits per heavy atom. The molecule has 0 saturated carbocycles. The second-order valence-corrected chi connectivity index (χ2v) is 3.47. The summed E-state index contributed by atoms with van der Waals surface area (Å²) in [6.45, 7) is 1.41. The second-order valence-electron chi connectivity index (χ2n) is 2.34. The molecule has 0 saturated heterocycles. The van der Waals surface area contributed by atoms with Crippen LogP contribution in [-0.2, 0) is 9.53 Å². The number of ether oxygens (including phenoxy) is 1. The van der Waals surface area contributed by atoms with Gasteiger partial charge in [0, 0.05) is 12.5 Å². The summed E-state index contributed by atoms with van der Waals surface area (Å²) >= 11 is 2.08. The Kier molecular flexibility index (Phi) is 3.52. The molecule has 0 aliphatic rings. The standard InChI is InChI=1S/C9H9IO2/c1-7(11)12-9(10)8-5-3-2-4-6-8/h2-6,9H,1H3. The molecular formula is C9H9IO2. The zero-order chi connectivity index (χ0) is 8.97. The Morgan fingerprint density at radius 2 is 2.00 bits per heavy atom. The molecule has 64 valence electrons. The summed E-state index contributed by atoms with van der Waals surface area (Å²) in [5.74, 6) is -0.252. The summed E-state index contributed by atoms with van der Waals surface area (Å²) in [5, 5.41) is 0. The van der Waals surface area contributed by atoms with E-state index in [0.29, 0.717) is 0 Å². The molecule has 1 aromatic carbocycles. The number of benzene rings is 1. The van der Waals surface area contributed by atoms with Gasteiger partial charge in [0.2, 0.25) is 0 Å². The minimum Gasteiger partial charge on any atom is -0.447 e. The molecule has 1 aromatic rings.